The van der Waals surface area contributed by atoms with E-state index in [2.05, 4.69) is 20.4 Å². The molecule has 84 valence electrons. The van der Waals surface area contributed by atoms with Crippen LogP contribution < -0.4 is 11.1 Å². The molecule has 0 bridgehead atoms. The molecule has 0 fully saturated rings. The maximum absolute atomic E-state index is 5.55. The number of nitrogens with two attached hydrogens (primary N) is 1. The number of aromatic nitrogens is 3. The van der Waals surface area contributed by atoms with Crippen LogP contribution in [0.25, 0.3) is 0 Å². The van der Waals surface area contributed by atoms with Gasteiger partial charge in [-0.15, -0.1) is 0 Å². The lowest BCUT2D eigenvalue weighted by Gasteiger charge is -2.04. The van der Waals surface area contributed by atoms with Gasteiger partial charge in [0.1, 0.15) is 23.7 Å². The highest BCUT2D eigenvalue weighted by Crippen LogP contribution is 2.14. The third kappa shape index (κ3) is 2.10. The number of hydrogen-bond acceptors (Lipinski definition) is 6. The van der Waals surface area contributed by atoms with Gasteiger partial charge in [-0.25, -0.2) is 9.97 Å². The van der Waals surface area contributed by atoms with E-state index >= 15 is 0 Å². The molecule has 2 aromatic rings. The molecular weight excluding hydrogens is 206 g/mol. The van der Waals surface area contributed by atoms with Crippen molar-refractivity contribution in [3.63, 3.8) is 0 Å². The fourth-order valence-corrected chi connectivity index (χ4v) is 1.40. The van der Waals surface area contributed by atoms with Gasteiger partial charge in [0.25, 0.3) is 0 Å². The molecule has 0 aliphatic heterocycles. The Hall–Kier alpha value is -2.11. The summed E-state index contributed by atoms with van der Waals surface area (Å²) >= 11 is 0. The Kier molecular flexibility index (Phi) is 2.72. The molecule has 0 unspecified atom stereocenters. The van der Waals surface area contributed by atoms with Gasteiger partial charge in [0.2, 0.25) is 0 Å². The van der Waals surface area contributed by atoms with Crippen molar-refractivity contribution >= 4 is 11.6 Å². The number of nitrogen functional groups attached to an aromatic ring is 1. The molecule has 6 nitrogen and oxygen atoms in total. The van der Waals surface area contributed by atoms with Gasteiger partial charge in [-0.2, -0.15) is 0 Å². The molecule has 16 heavy (non-hydrogen) atoms. The molecule has 0 amide bonds. The van der Waals surface area contributed by atoms with Crippen molar-refractivity contribution in [2.45, 2.75) is 20.4 Å². The zero-order chi connectivity index (χ0) is 11.5. The Bertz CT molecular complexity index is 474. The normalized spacial score (nSPS) is 10.4. The predicted molar refractivity (Wildman–Crippen MR) is 59.7 cm³/mol. The summed E-state index contributed by atoms with van der Waals surface area (Å²) < 4.78 is 5.06. The topological polar surface area (TPSA) is 89.9 Å². The van der Waals surface area contributed by atoms with Gasteiger partial charge in [0.15, 0.2) is 0 Å². The summed E-state index contributed by atoms with van der Waals surface area (Å²) in [5, 5.41) is 7.01. The first-order chi connectivity index (χ1) is 7.66. The van der Waals surface area contributed by atoms with E-state index in [1.54, 1.807) is 6.07 Å². The van der Waals surface area contributed by atoms with Crippen molar-refractivity contribution in [1.82, 2.24) is 15.1 Å². The maximum Gasteiger partial charge on any atom is 0.138 e. The minimum Gasteiger partial charge on any atom is -0.384 e. The summed E-state index contributed by atoms with van der Waals surface area (Å²) in [5.74, 6) is 1.94. The monoisotopic (exact) mass is 219 g/mol. The third-order valence-electron chi connectivity index (χ3n) is 2.32. The van der Waals surface area contributed by atoms with Gasteiger partial charge in [0.05, 0.1) is 5.69 Å². The molecular formula is C10H13N5O. The molecule has 0 saturated heterocycles. The SMILES string of the molecule is Cc1noc(C)c1CNc1cc(N)ncn1. The second-order valence-corrected chi connectivity index (χ2v) is 3.48. The molecule has 0 saturated carbocycles. The average molecular weight is 219 g/mol. The lowest BCUT2D eigenvalue weighted by Crippen LogP contribution is -2.04. The molecule has 0 atom stereocenters. The van der Waals surface area contributed by atoms with Crippen molar-refractivity contribution in [2.75, 3.05) is 11.1 Å². The molecule has 0 radical (unpaired) electrons. The molecule has 2 aromatic heterocycles. The molecule has 6 heteroatoms. The summed E-state index contributed by atoms with van der Waals surface area (Å²) in [6.45, 7) is 4.39. The maximum atomic E-state index is 5.55. The first kappa shape index (κ1) is 10.4. The van der Waals surface area contributed by atoms with Gasteiger partial charge in [-0.05, 0) is 13.8 Å². The van der Waals surface area contributed by atoms with E-state index in [0.29, 0.717) is 18.2 Å². The molecule has 2 rings (SSSR count). The number of nitrogens with one attached hydrogen (secondary N) is 1. The highest BCUT2D eigenvalue weighted by molar-refractivity contribution is 5.44. The van der Waals surface area contributed by atoms with E-state index in [9.17, 15) is 0 Å². The Labute approximate surface area is 92.9 Å². The fraction of sp³-hybridized carbons (Fsp3) is 0.300. The smallest absolute Gasteiger partial charge is 0.138 e. The van der Waals surface area contributed by atoms with E-state index in [1.165, 1.54) is 6.33 Å². The number of hydrogen-bond donors (Lipinski definition) is 2. The lowest BCUT2D eigenvalue weighted by molar-refractivity contribution is 0.392. The highest BCUT2D eigenvalue weighted by Gasteiger charge is 2.08. The quantitative estimate of drug-likeness (QED) is 0.808. The lowest BCUT2D eigenvalue weighted by atomic mass is 10.2. The van der Waals surface area contributed by atoms with E-state index in [0.717, 1.165) is 17.0 Å². The van der Waals surface area contributed by atoms with Crippen molar-refractivity contribution in [3.8, 4) is 0 Å². The van der Waals surface area contributed by atoms with Gasteiger partial charge >= 0.3 is 0 Å². The molecule has 0 aromatic carbocycles. The number of aryl methyl sites for hydroxylation is 2. The van der Waals surface area contributed by atoms with Crippen LogP contribution in [0.1, 0.15) is 17.0 Å². The fourth-order valence-electron chi connectivity index (χ4n) is 1.40. The zero-order valence-electron chi connectivity index (χ0n) is 9.19. The molecule has 2 heterocycles. The second kappa shape index (κ2) is 4.18. The van der Waals surface area contributed by atoms with E-state index in [1.807, 2.05) is 13.8 Å². The summed E-state index contributed by atoms with van der Waals surface area (Å²) in [6.07, 6.45) is 1.42. The Morgan fingerprint density at radius 3 is 2.81 bits per heavy atom. The summed E-state index contributed by atoms with van der Waals surface area (Å²) in [4.78, 5) is 7.86. The zero-order valence-corrected chi connectivity index (χ0v) is 9.19. The second-order valence-electron chi connectivity index (χ2n) is 3.48. The third-order valence-corrected chi connectivity index (χ3v) is 2.32. The predicted octanol–water partition coefficient (Wildman–Crippen LogP) is 1.28. The molecule has 0 spiro atoms. The number of nitrogens with zero attached hydrogens (tertiary/aromatic N) is 3. The van der Waals surface area contributed by atoms with Crippen molar-refractivity contribution < 1.29 is 4.52 Å². The minimum atomic E-state index is 0.441. The molecule has 3 N–H and O–H groups in total. The van der Waals surface area contributed by atoms with Crippen LogP contribution in [0, 0.1) is 13.8 Å². The van der Waals surface area contributed by atoms with E-state index in [-0.39, 0.29) is 0 Å². The van der Waals surface area contributed by atoms with Crippen LogP contribution in [0.5, 0.6) is 0 Å². The van der Waals surface area contributed by atoms with Gasteiger partial charge in [-0.1, -0.05) is 5.16 Å². The summed E-state index contributed by atoms with van der Waals surface area (Å²) in [7, 11) is 0. The summed E-state index contributed by atoms with van der Waals surface area (Å²) in [5.41, 5.74) is 7.47. The first-order valence-corrected chi connectivity index (χ1v) is 4.90. The van der Waals surface area contributed by atoms with Crippen LogP contribution in [0.3, 0.4) is 0 Å². The Morgan fingerprint density at radius 1 is 1.38 bits per heavy atom. The van der Waals surface area contributed by atoms with E-state index < -0.39 is 0 Å². The largest absolute Gasteiger partial charge is 0.384 e. The minimum absolute atomic E-state index is 0.441. The van der Waals surface area contributed by atoms with Gasteiger partial charge in [-0.3, -0.25) is 0 Å². The Balaban J connectivity index is 2.08. The van der Waals surface area contributed by atoms with Crippen molar-refractivity contribution in [1.29, 1.82) is 0 Å². The van der Waals surface area contributed by atoms with Crippen molar-refractivity contribution in [2.24, 2.45) is 0 Å². The van der Waals surface area contributed by atoms with Crippen LogP contribution in [0.15, 0.2) is 16.9 Å². The van der Waals surface area contributed by atoms with Crippen LogP contribution in [-0.2, 0) is 6.54 Å². The standard InChI is InChI=1S/C10H13N5O/c1-6-8(7(2)16-15-6)4-12-10-3-9(11)13-5-14-10/h3,5H,4H2,1-2H3,(H3,11,12,13,14). The summed E-state index contributed by atoms with van der Waals surface area (Å²) in [6, 6.07) is 1.68. The Morgan fingerprint density at radius 2 is 2.19 bits per heavy atom. The van der Waals surface area contributed by atoms with Gasteiger partial charge < -0.3 is 15.6 Å². The number of rotatable bonds is 3. The molecule has 0 aliphatic rings. The van der Waals surface area contributed by atoms with Crippen LogP contribution in [0.2, 0.25) is 0 Å². The van der Waals surface area contributed by atoms with Gasteiger partial charge in [0, 0.05) is 18.2 Å². The number of anilines is 2. The van der Waals surface area contributed by atoms with Crippen LogP contribution in [0.4, 0.5) is 11.6 Å². The first-order valence-electron chi connectivity index (χ1n) is 4.90. The average Bonchev–Trinajstić information content (AvgIpc) is 2.56. The molecule has 0 aliphatic carbocycles. The van der Waals surface area contributed by atoms with Crippen LogP contribution in [-0.4, -0.2) is 15.1 Å². The highest BCUT2D eigenvalue weighted by atomic mass is 16.5. The van der Waals surface area contributed by atoms with E-state index in [4.69, 9.17) is 10.3 Å². The van der Waals surface area contributed by atoms with Crippen LogP contribution >= 0.6 is 0 Å². The van der Waals surface area contributed by atoms with Crippen molar-refractivity contribution in [3.05, 3.63) is 29.4 Å².